The average molecular weight is 327 g/mol. The second-order valence-electron chi connectivity index (χ2n) is 5.78. The summed E-state index contributed by atoms with van der Waals surface area (Å²) in [6.45, 7) is 5.36. The number of piperidine rings is 1. The lowest BCUT2D eigenvalue weighted by molar-refractivity contribution is 0.154. The van der Waals surface area contributed by atoms with E-state index in [2.05, 4.69) is 38.8 Å². The number of likely N-dealkylation sites (tertiary alicyclic amines) is 1. The molecule has 6 heteroatoms. The zero-order valence-corrected chi connectivity index (χ0v) is 13.9. The van der Waals surface area contributed by atoms with Gasteiger partial charge in [-0.05, 0) is 43.7 Å². The van der Waals surface area contributed by atoms with Crippen LogP contribution in [0.4, 0.5) is 0 Å². The van der Waals surface area contributed by atoms with Crippen molar-refractivity contribution in [2.24, 2.45) is 11.7 Å². The number of aromatic amines is 1. The first kappa shape index (κ1) is 16.5. The number of nitrogens with one attached hydrogen (secondary N) is 1. The van der Waals surface area contributed by atoms with E-state index in [4.69, 9.17) is 5.73 Å². The second-order valence-corrected chi connectivity index (χ2v) is 6.56. The van der Waals surface area contributed by atoms with Crippen molar-refractivity contribution >= 4 is 23.7 Å². The Morgan fingerprint density at radius 1 is 1.57 bits per heavy atom. The maximum atomic E-state index is 6.07. The van der Waals surface area contributed by atoms with Crippen LogP contribution in [0.15, 0.2) is 23.0 Å². The quantitative estimate of drug-likeness (QED) is 0.907. The van der Waals surface area contributed by atoms with Crippen LogP contribution in [0.25, 0.3) is 11.3 Å². The maximum Gasteiger partial charge on any atom is 0.0703 e. The molecule has 0 saturated carbocycles. The van der Waals surface area contributed by atoms with Gasteiger partial charge in [0.1, 0.15) is 0 Å². The molecule has 0 spiro atoms. The molecule has 21 heavy (non-hydrogen) atoms. The SMILES string of the molecule is CC(N)C1CCCN(Cc2cn[nH]c2-c2ccsc2)C1.Cl. The highest BCUT2D eigenvalue weighted by molar-refractivity contribution is 7.08. The van der Waals surface area contributed by atoms with Gasteiger partial charge in [-0.15, -0.1) is 12.4 Å². The molecular weight excluding hydrogens is 304 g/mol. The summed E-state index contributed by atoms with van der Waals surface area (Å²) in [5.41, 5.74) is 9.75. The van der Waals surface area contributed by atoms with Gasteiger partial charge >= 0.3 is 0 Å². The normalized spacial score (nSPS) is 21.0. The maximum absolute atomic E-state index is 6.07. The van der Waals surface area contributed by atoms with Crippen LogP contribution in [-0.4, -0.2) is 34.2 Å². The lowest BCUT2D eigenvalue weighted by atomic mass is 9.92. The van der Waals surface area contributed by atoms with E-state index in [1.807, 2.05) is 6.20 Å². The van der Waals surface area contributed by atoms with Gasteiger partial charge in [-0.3, -0.25) is 10.00 Å². The monoisotopic (exact) mass is 326 g/mol. The van der Waals surface area contributed by atoms with Crippen LogP contribution in [0.1, 0.15) is 25.3 Å². The standard InChI is InChI=1S/C15H22N4S.ClH/c1-11(16)12-3-2-5-19(8-12)9-14-7-17-18-15(14)13-4-6-20-10-13;/h4,6-7,10-12H,2-3,5,8-9,16H2,1H3,(H,17,18);1H. The molecule has 2 aromatic heterocycles. The van der Waals surface area contributed by atoms with E-state index in [-0.39, 0.29) is 12.4 Å². The molecule has 1 aliphatic rings. The Labute approximate surface area is 136 Å². The average Bonchev–Trinajstić information content (AvgIpc) is 3.09. The van der Waals surface area contributed by atoms with Crippen molar-refractivity contribution < 1.29 is 0 Å². The molecule has 1 aliphatic heterocycles. The van der Waals surface area contributed by atoms with Gasteiger partial charge in [0.15, 0.2) is 0 Å². The van der Waals surface area contributed by atoms with E-state index >= 15 is 0 Å². The molecule has 0 bridgehead atoms. The Morgan fingerprint density at radius 3 is 3.14 bits per heavy atom. The number of halogens is 1. The van der Waals surface area contributed by atoms with Crippen molar-refractivity contribution in [3.05, 3.63) is 28.6 Å². The lowest BCUT2D eigenvalue weighted by Gasteiger charge is -2.34. The number of aromatic nitrogens is 2. The number of nitrogens with zero attached hydrogens (tertiary/aromatic N) is 2. The van der Waals surface area contributed by atoms with Crippen LogP contribution in [0.3, 0.4) is 0 Å². The molecule has 4 nitrogen and oxygen atoms in total. The smallest absolute Gasteiger partial charge is 0.0703 e. The summed E-state index contributed by atoms with van der Waals surface area (Å²) in [5.74, 6) is 0.625. The molecule has 3 N–H and O–H groups in total. The summed E-state index contributed by atoms with van der Waals surface area (Å²) in [6, 6.07) is 2.43. The zero-order chi connectivity index (χ0) is 13.9. The van der Waals surface area contributed by atoms with Gasteiger partial charge < -0.3 is 5.73 Å². The van der Waals surface area contributed by atoms with Crippen LogP contribution in [0.2, 0.25) is 0 Å². The van der Waals surface area contributed by atoms with Crippen molar-refractivity contribution in [2.45, 2.75) is 32.4 Å². The minimum atomic E-state index is 0. The molecule has 1 fully saturated rings. The van der Waals surface area contributed by atoms with Gasteiger partial charge in [0.2, 0.25) is 0 Å². The van der Waals surface area contributed by atoms with Gasteiger partial charge in [0.25, 0.3) is 0 Å². The highest BCUT2D eigenvalue weighted by Gasteiger charge is 2.23. The van der Waals surface area contributed by atoms with Gasteiger partial charge in [0, 0.05) is 35.6 Å². The number of hydrogen-bond donors (Lipinski definition) is 2. The Balaban J connectivity index is 0.00000161. The molecule has 0 aromatic carbocycles. The Morgan fingerprint density at radius 2 is 2.43 bits per heavy atom. The molecule has 3 rings (SSSR count). The van der Waals surface area contributed by atoms with Crippen molar-refractivity contribution in [1.82, 2.24) is 15.1 Å². The highest BCUT2D eigenvalue weighted by atomic mass is 35.5. The summed E-state index contributed by atoms with van der Waals surface area (Å²) in [4.78, 5) is 2.51. The molecule has 2 unspecified atom stereocenters. The van der Waals surface area contributed by atoms with Crippen LogP contribution in [0.5, 0.6) is 0 Å². The molecule has 3 heterocycles. The molecule has 0 amide bonds. The third-order valence-corrected chi connectivity index (χ3v) is 4.89. The van der Waals surface area contributed by atoms with E-state index < -0.39 is 0 Å². The Kier molecular flexibility index (Phi) is 5.81. The van der Waals surface area contributed by atoms with Crippen LogP contribution in [-0.2, 0) is 6.54 Å². The molecule has 116 valence electrons. The number of rotatable bonds is 4. The van der Waals surface area contributed by atoms with Crippen LogP contribution >= 0.6 is 23.7 Å². The molecule has 0 radical (unpaired) electrons. The topological polar surface area (TPSA) is 57.9 Å². The summed E-state index contributed by atoms with van der Waals surface area (Å²) in [7, 11) is 0. The first-order valence-electron chi connectivity index (χ1n) is 7.27. The Bertz CT molecular complexity index is 538. The zero-order valence-electron chi connectivity index (χ0n) is 12.3. The molecule has 2 atom stereocenters. The van der Waals surface area contributed by atoms with Gasteiger partial charge in [-0.1, -0.05) is 0 Å². The first-order chi connectivity index (χ1) is 9.74. The van der Waals surface area contributed by atoms with Crippen molar-refractivity contribution in [3.63, 3.8) is 0 Å². The number of H-pyrrole nitrogens is 1. The minimum absolute atomic E-state index is 0. The lowest BCUT2D eigenvalue weighted by Crippen LogP contribution is -2.41. The van der Waals surface area contributed by atoms with E-state index in [9.17, 15) is 0 Å². The summed E-state index contributed by atoms with van der Waals surface area (Å²) >= 11 is 1.72. The molecule has 2 aromatic rings. The van der Waals surface area contributed by atoms with E-state index in [1.165, 1.54) is 24.0 Å². The van der Waals surface area contributed by atoms with Crippen LogP contribution < -0.4 is 5.73 Å². The largest absolute Gasteiger partial charge is 0.328 e. The Hall–Kier alpha value is -0.880. The molecular formula is C15H23ClN4S. The summed E-state index contributed by atoms with van der Waals surface area (Å²) in [6.07, 6.45) is 4.47. The van der Waals surface area contributed by atoms with E-state index in [0.717, 1.165) is 25.3 Å². The third kappa shape index (κ3) is 3.86. The summed E-state index contributed by atoms with van der Waals surface area (Å²) in [5, 5.41) is 11.6. The van der Waals surface area contributed by atoms with Gasteiger partial charge in [-0.2, -0.15) is 16.4 Å². The third-order valence-electron chi connectivity index (χ3n) is 4.21. The number of hydrogen-bond acceptors (Lipinski definition) is 4. The minimum Gasteiger partial charge on any atom is -0.328 e. The van der Waals surface area contributed by atoms with Crippen molar-refractivity contribution in [1.29, 1.82) is 0 Å². The van der Waals surface area contributed by atoms with Crippen molar-refractivity contribution in [2.75, 3.05) is 13.1 Å². The molecule has 1 saturated heterocycles. The summed E-state index contributed by atoms with van der Waals surface area (Å²) < 4.78 is 0. The number of nitrogens with two attached hydrogens (primary N) is 1. The van der Waals surface area contributed by atoms with Gasteiger partial charge in [-0.25, -0.2) is 0 Å². The predicted molar refractivity (Wildman–Crippen MR) is 90.8 cm³/mol. The van der Waals surface area contributed by atoms with Gasteiger partial charge in [0.05, 0.1) is 11.9 Å². The van der Waals surface area contributed by atoms with E-state index in [1.54, 1.807) is 11.3 Å². The highest BCUT2D eigenvalue weighted by Crippen LogP contribution is 2.26. The fourth-order valence-electron chi connectivity index (χ4n) is 2.99. The fraction of sp³-hybridized carbons (Fsp3) is 0.533. The number of thiophene rings is 1. The second kappa shape index (κ2) is 7.40. The first-order valence-corrected chi connectivity index (χ1v) is 8.21. The molecule has 0 aliphatic carbocycles. The predicted octanol–water partition coefficient (Wildman–Crippen LogP) is 3.12. The fourth-order valence-corrected chi connectivity index (χ4v) is 3.64. The van der Waals surface area contributed by atoms with Crippen molar-refractivity contribution in [3.8, 4) is 11.3 Å². The van der Waals surface area contributed by atoms with Crippen LogP contribution in [0, 0.1) is 5.92 Å². The van der Waals surface area contributed by atoms with E-state index in [0.29, 0.717) is 12.0 Å².